The summed E-state index contributed by atoms with van der Waals surface area (Å²) >= 11 is 12.0. The standard InChI is InChI=1S/C13H17Cl2N3O3/c14-11-10(21-7-9(19)8-1-2-8)12(17-13(15)16-11)18-3-5-20-6-4-18/h8-9,19H,1-7H2/t9-/m0/s1. The second-order valence-corrected chi connectivity index (χ2v) is 5.95. The Kier molecular flexibility index (Phi) is 4.69. The maximum absolute atomic E-state index is 9.93. The van der Waals surface area contributed by atoms with Crippen molar-refractivity contribution in [2.24, 2.45) is 5.92 Å². The van der Waals surface area contributed by atoms with E-state index < -0.39 is 6.10 Å². The Hall–Kier alpha value is -0.820. The zero-order valence-electron chi connectivity index (χ0n) is 11.5. The number of hydrogen-bond donors (Lipinski definition) is 1. The van der Waals surface area contributed by atoms with E-state index in [-0.39, 0.29) is 17.0 Å². The summed E-state index contributed by atoms with van der Waals surface area (Å²) in [5.74, 6) is 1.28. The Bertz CT molecular complexity index is 508. The second kappa shape index (κ2) is 6.52. The van der Waals surface area contributed by atoms with Crippen LogP contribution >= 0.6 is 23.2 Å². The first-order valence-electron chi connectivity index (χ1n) is 7.01. The van der Waals surface area contributed by atoms with E-state index in [1.165, 1.54) is 0 Å². The van der Waals surface area contributed by atoms with Gasteiger partial charge in [-0.2, -0.15) is 4.98 Å². The highest BCUT2D eigenvalue weighted by molar-refractivity contribution is 6.33. The van der Waals surface area contributed by atoms with E-state index in [4.69, 9.17) is 32.7 Å². The SMILES string of the molecule is O[C@@H](COc1c(Cl)nc(Cl)nc1N1CCOCC1)C1CC1. The van der Waals surface area contributed by atoms with Gasteiger partial charge in [0.1, 0.15) is 6.61 Å². The Balaban J connectivity index is 1.78. The monoisotopic (exact) mass is 333 g/mol. The first kappa shape index (κ1) is 15.1. The van der Waals surface area contributed by atoms with E-state index in [1.807, 2.05) is 4.90 Å². The summed E-state index contributed by atoms with van der Waals surface area (Å²) in [6, 6.07) is 0. The van der Waals surface area contributed by atoms with Crippen LogP contribution < -0.4 is 9.64 Å². The largest absolute Gasteiger partial charge is 0.484 e. The molecule has 21 heavy (non-hydrogen) atoms. The van der Waals surface area contributed by atoms with Crippen molar-refractivity contribution >= 4 is 29.0 Å². The molecule has 0 radical (unpaired) electrons. The fourth-order valence-corrected chi connectivity index (χ4v) is 2.71. The van der Waals surface area contributed by atoms with E-state index in [2.05, 4.69) is 9.97 Å². The maximum Gasteiger partial charge on any atom is 0.226 e. The number of nitrogens with zero attached hydrogens (tertiary/aromatic N) is 3. The van der Waals surface area contributed by atoms with Gasteiger partial charge in [0.05, 0.1) is 19.3 Å². The summed E-state index contributed by atoms with van der Waals surface area (Å²) in [7, 11) is 0. The molecule has 0 aromatic carbocycles. The van der Waals surface area contributed by atoms with Crippen molar-refractivity contribution in [3.8, 4) is 5.75 Å². The Morgan fingerprint density at radius 3 is 2.67 bits per heavy atom. The number of aliphatic hydroxyl groups excluding tert-OH is 1. The molecule has 0 unspecified atom stereocenters. The summed E-state index contributed by atoms with van der Waals surface area (Å²) in [6.45, 7) is 2.79. The van der Waals surface area contributed by atoms with Crippen molar-refractivity contribution in [1.29, 1.82) is 0 Å². The van der Waals surface area contributed by atoms with Gasteiger partial charge in [0, 0.05) is 13.1 Å². The Morgan fingerprint density at radius 1 is 1.29 bits per heavy atom. The van der Waals surface area contributed by atoms with Crippen molar-refractivity contribution in [3.05, 3.63) is 10.4 Å². The molecule has 1 aliphatic carbocycles. The smallest absolute Gasteiger partial charge is 0.226 e. The van der Waals surface area contributed by atoms with E-state index in [0.29, 0.717) is 43.8 Å². The minimum absolute atomic E-state index is 0.0802. The van der Waals surface area contributed by atoms with Crippen LogP contribution in [-0.2, 0) is 4.74 Å². The quantitative estimate of drug-likeness (QED) is 0.654. The maximum atomic E-state index is 9.93. The van der Waals surface area contributed by atoms with Gasteiger partial charge in [-0.25, -0.2) is 4.98 Å². The molecule has 1 aromatic heterocycles. The molecular formula is C13H17Cl2N3O3. The van der Waals surface area contributed by atoms with Gasteiger partial charge in [-0.1, -0.05) is 11.6 Å². The van der Waals surface area contributed by atoms with Gasteiger partial charge < -0.3 is 19.5 Å². The third kappa shape index (κ3) is 3.69. The molecule has 8 heteroatoms. The molecule has 1 N–H and O–H groups in total. The number of anilines is 1. The van der Waals surface area contributed by atoms with Crippen LogP contribution in [0, 0.1) is 5.92 Å². The average Bonchev–Trinajstić information content (AvgIpc) is 3.31. The van der Waals surface area contributed by atoms with E-state index in [9.17, 15) is 5.11 Å². The highest BCUT2D eigenvalue weighted by Gasteiger charge is 2.31. The predicted molar refractivity (Wildman–Crippen MR) is 79.3 cm³/mol. The van der Waals surface area contributed by atoms with E-state index in [0.717, 1.165) is 12.8 Å². The molecule has 0 spiro atoms. The van der Waals surface area contributed by atoms with Crippen molar-refractivity contribution in [1.82, 2.24) is 9.97 Å². The summed E-state index contributed by atoms with van der Waals surface area (Å²) < 4.78 is 11.0. The zero-order chi connectivity index (χ0) is 14.8. The molecule has 0 bridgehead atoms. The molecule has 6 nitrogen and oxygen atoms in total. The summed E-state index contributed by atoms with van der Waals surface area (Å²) in [5.41, 5.74) is 0. The molecule has 0 amide bonds. The molecule has 1 saturated heterocycles. The van der Waals surface area contributed by atoms with Gasteiger partial charge in [0.2, 0.25) is 5.28 Å². The van der Waals surface area contributed by atoms with Crippen LogP contribution in [0.3, 0.4) is 0 Å². The highest BCUT2D eigenvalue weighted by atomic mass is 35.5. The van der Waals surface area contributed by atoms with Gasteiger partial charge in [-0.3, -0.25) is 0 Å². The molecule has 1 atom stereocenters. The topological polar surface area (TPSA) is 67.7 Å². The van der Waals surface area contributed by atoms with Crippen molar-refractivity contribution in [3.63, 3.8) is 0 Å². The van der Waals surface area contributed by atoms with Crippen LogP contribution in [0.1, 0.15) is 12.8 Å². The van der Waals surface area contributed by atoms with Gasteiger partial charge in [0.15, 0.2) is 16.7 Å². The second-order valence-electron chi connectivity index (χ2n) is 5.25. The molecule has 116 valence electrons. The first-order chi connectivity index (χ1) is 10.1. The summed E-state index contributed by atoms with van der Waals surface area (Å²) in [6.07, 6.45) is 1.62. The first-order valence-corrected chi connectivity index (χ1v) is 7.77. The van der Waals surface area contributed by atoms with Gasteiger partial charge in [0.25, 0.3) is 0 Å². The summed E-state index contributed by atoms with van der Waals surface area (Å²) in [5, 5.41) is 10.2. The number of aliphatic hydroxyl groups is 1. The average molecular weight is 334 g/mol. The third-order valence-electron chi connectivity index (χ3n) is 3.65. The molecule has 1 saturated carbocycles. The Morgan fingerprint density at radius 2 is 2.00 bits per heavy atom. The molecular weight excluding hydrogens is 317 g/mol. The lowest BCUT2D eigenvalue weighted by molar-refractivity contribution is 0.0887. The fourth-order valence-electron chi connectivity index (χ4n) is 2.29. The predicted octanol–water partition coefficient (Wildman–Crippen LogP) is 1.77. The van der Waals surface area contributed by atoms with Crippen LogP contribution in [0.4, 0.5) is 5.82 Å². The number of hydrogen-bond acceptors (Lipinski definition) is 6. The van der Waals surface area contributed by atoms with E-state index >= 15 is 0 Å². The highest BCUT2D eigenvalue weighted by Crippen LogP contribution is 2.36. The molecule has 2 heterocycles. The lowest BCUT2D eigenvalue weighted by atomic mass is 10.2. The van der Waals surface area contributed by atoms with Gasteiger partial charge >= 0.3 is 0 Å². The Labute approximate surface area is 133 Å². The van der Waals surface area contributed by atoms with Crippen molar-refractivity contribution in [2.45, 2.75) is 18.9 Å². The van der Waals surface area contributed by atoms with Crippen molar-refractivity contribution in [2.75, 3.05) is 37.8 Å². The van der Waals surface area contributed by atoms with Crippen molar-refractivity contribution < 1.29 is 14.6 Å². The number of morpholine rings is 1. The van der Waals surface area contributed by atoms with Crippen LogP contribution in [0.5, 0.6) is 5.75 Å². The number of aromatic nitrogens is 2. The fraction of sp³-hybridized carbons (Fsp3) is 0.692. The molecule has 3 rings (SSSR count). The normalized spacial score (nSPS) is 20.4. The van der Waals surface area contributed by atoms with Crippen LogP contribution in [0.2, 0.25) is 10.4 Å². The number of ether oxygens (including phenoxy) is 2. The van der Waals surface area contributed by atoms with Crippen LogP contribution in [0.25, 0.3) is 0 Å². The van der Waals surface area contributed by atoms with Crippen LogP contribution in [0.15, 0.2) is 0 Å². The number of halogens is 2. The summed E-state index contributed by atoms with van der Waals surface area (Å²) in [4.78, 5) is 10.2. The minimum Gasteiger partial charge on any atom is -0.484 e. The zero-order valence-corrected chi connectivity index (χ0v) is 13.0. The molecule has 2 aliphatic rings. The van der Waals surface area contributed by atoms with Crippen LogP contribution in [-0.4, -0.2) is 54.1 Å². The van der Waals surface area contributed by atoms with Gasteiger partial charge in [-0.15, -0.1) is 0 Å². The van der Waals surface area contributed by atoms with E-state index in [1.54, 1.807) is 0 Å². The lowest BCUT2D eigenvalue weighted by Crippen LogP contribution is -2.37. The lowest BCUT2D eigenvalue weighted by Gasteiger charge is -2.29. The molecule has 1 aliphatic heterocycles. The minimum atomic E-state index is -0.478. The van der Waals surface area contributed by atoms with Gasteiger partial charge in [-0.05, 0) is 30.4 Å². The number of rotatable bonds is 5. The molecule has 1 aromatic rings. The molecule has 2 fully saturated rings. The third-order valence-corrected chi connectivity index (χ3v) is 4.08.